The van der Waals surface area contributed by atoms with Crippen molar-refractivity contribution in [3.8, 4) is 5.75 Å². The van der Waals surface area contributed by atoms with Gasteiger partial charge in [0.05, 0.1) is 0 Å². The Hall–Kier alpha value is -3.03. The molecule has 4 saturated carbocycles. The highest BCUT2D eigenvalue weighted by atomic mass is 16.5. The molecule has 2 heterocycles. The van der Waals surface area contributed by atoms with E-state index in [1.165, 1.54) is 19.3 Å². The molecule has 5 amide bonds. The summed E-state index contributed by atoms with van der Waals surface area (Å²) < 4.78 is 6.18. The summed E-state index contributed by atoms with van der Waals surface area (Å²) in [4.78, 5) is 38.2. The number of hydrogen-bond donors (Lipinski definition) is 3. The second-order valence-corrected chi connectivity index (χ2v) is 12.7. The molecule has 2 aliphatic heterocycles. The van der Waals surface area contributed by atoms with Gasteiger partial charge in [-0.25, -0.2) is 9.59 Å². The van der Waals surface area contributed by atoms with Crippen molar-refractivity contribution in [2.45, 2.75) is 76.9 Å². The zero-order chi connectivity index (χ0) is 25.1. The Bertz CT molecular complexity index is 1100. The molecule has 192 valence electrons. The number of carbonyl (C=O) groups excluding carboxylic acids is 3. The minimum atomic E-state index is -0.507. The summed E-state index contributed by atoms with van der Waals surface area (Å²) >= 11 is 0. The van der Waals surface area contributed by atoms with Crippen LogP contribution in [0.5, 0.6) is 5.75 Å². The Morgan fingerprint density at radius 1 is 1.00 bits per heavy atom. The van der Waals surface area contributed by atoms with Gasteiger partial charge in [-0.1, -0.05) is 26.0 Å². The predicted octanol–water partition coefficient (Wildman–Crippen LogP) is 4.17. The Labute approximate surface area is 212 Å². The van der Waals surface area contributed by atoms with E-state index in [-0.39, 0.29) is 23.4 Å². The van der Waals surface area contributed by atoms with Gasteiger partial charge in [0.15, 0.2) is 0 Å². The van der Waals surface area contributed by atoms with E-state index >= 15 is 0 Å². The number of nitrogens with zero attached hydrogens (tertiary/aromatic N) is 1. The van der Waals surface area contributed by atoms with Crippen molar-refractivity contribution < 1.29 is 19.1 Å². The van der Waals surface area contributed by atoms with Gasteiger partial charge < -0.3 is 20.3 Å². The quantitative estimate of drug-likeness (QED) is 0.434. The molecular formula is C28H36N4O4. The highest BCUT2D eigenvalue weighted by molar-refractivity contribution is 6.13. The van der Waals surface area contributed by atoms with Crippen LogP contribution in [-0.2, 0) is 4.79 Å². The Morgan fingerprint density at radius 3 is 2.25 bits per heavy atom. The summed E-state index contributed by atoms with van der Waals surface area (Å²) in [6, 6.07) is 7.04. The van der Waals surface area contributed by atoms with Crippen LogP contribution in [0.4, 0.5) is 9.59 Å². The topological polar surface area (TPSA) is 99.8 Å². The van der Waals surface area contributed by atoms with Crippen LogP contribution in [0.3, 0.4) is 0 Å². The number of benzene rings is 1. The van der Waals surface area contributed by atoms with Gasteiger partial charge in [0.25, 0.3) is 5.91 Å². The molecule has 0 aromatic heterocycles. The van der Waals surface area contributed by atoms with Crippen molar-refractivity contribution >= 4 is 24.0 Å². The van der Waals surface area contributed by atoms with Crippen LogP contribution >= 0.6 is 0 Å². The van der Waals surface area contributed by atoms with Crippen LogP contribution in [0.15, 0.2) is 30.0 Å². The van der Waals surface area contributed by atoms with Gasteiger partial charge in [0.2, 0.25) is 0 Å². The summed E-state index contributed by atoms with van der Waals surface area (Å²) in [6.07, 6.45) is 10.7. The predicted molar refractivity (Wildman–Crippen MR) is 135 cm³/mol. The molecule has 2 saturated heterocycles. The fraction of sp³-hybridized carbons (Fsp3) is 0.607. The number of hydrogen-bond acceptors (Lipinski definition) is 4. The molecule has 6 aliphatic rings. The fourth-order valence-electron chi connectivity index (χ4n) is 8.55. The lowest BCUT2D eigenvalue weighted by Gasteiger charge is -2.65. The lowest BCUT2D eigenvalue weighted by Crippen LogP contribution is -2.66. The molecule has 0 spiro atoms. The van der Waals surface area contributed by atoms with Crippen LogP contribution in [0, 0.1) is 16.7 Å². The average Bonchev–Trinajstić information content (AvgIpc) is 3.09. The van der Waals surface area contributed by atoms with Crippen molar-refractivity contribution in [1.82, 2.24) is 20.9 Å². The number of nitrogens with one attached hydrogen (secondary N) is 3. The number of ether oxygens (including phenoxy) is 1. The van der Waals surface area contributed by atoms with Gasteiger partial charge >= 0.3 is 12.1 Å². The van der Waals surface area contributed by atoms with E-state index in [9.17, 15) is 14.4 Å². The third kappa shape index (κ3) is 4.46. The first-order valence-electron chi connectivity index (χ1n) is 13.3. The van der Waals surface area contributed by atoms with Gasteiger partial charge in [0, 0.05) is 31.5 Å². The molecule has 1 aromatic rings. The smallest absolute Gasteiger partial charge is 0.326 e. The van der Waals surface area contributed by atoms with E-state index in [2.05, 4.69) is 29.8 Å². The van der Waals surface area contributed by atoms with E-state index < -0.39 is 11.9 Å². The third-order valence-electron chi connectivity index (χ3n) is 8.94. The standard InChI is InChI=1S/C28H36N4O4/c1-26-12-19-13-27(2,15-26)17-28(14-19,16-26)31-25(35)32-9-7-21(8-10-32)36-20-5-3-18(4-6-20)11-22-23(33)30-24(34)29-22/h3-6,11,19,21H,7-10,12-17H2,1-2H3,(H,31,35)(H2,29,30,33,34)/b22-11-/t19?,26-,27+,28?. The van der Waals surface area contributed by atoms with E-state index in [0.29, 0.717) is 23.9 Å². The van der Waals surface area contributed by atoms with E-state index in [0.717, 1.165) is 49.3 Å². The number of likely N-dealkylation sites (tertiary alicyclic amines) is 1. The van der Waals surface area contributed by atoms with E-state index in [1.54, 1.807) is 6.08 Å². The molecule has 2 unspecified atom stereocenters. The van der Waals surface area contributed by atoms with Crippen molar-refractivity contribution in [2.75, 3.05) is 13.1 Å². The molecule has 0 radical (unpaired) electrons. The van der Waals surface area contributed by atoms with Crippen LogP contribution in [-0.4, -0.2) is 47.6 Å². The molecule has 6 fully saturated rings. The van der Waals surface area contributed by atoms with E-state index in [1.807, 2.05) is 29.2 Å². The fourth-order valence-corrected chi connectivity index (χ4v) is 8.55. The van der Waals surface area contributed by atoms with Gasteiger partial charge in [-0.05, 0) is 79.0 Å². The van der Waals surface area contributed by atoms with Crippen LogP contribution in [0.2, 0.25) is 0 Å². The molecular weight excluding hydrogens is 456 g/mol. The van der Waals surface area contributed by atoms with Crippen molar-refractivity contribution in [3.05, 3.63) is 35.5 Å². The van der Waals surface area contributed by atoms with Crippen molar-refractivity contribution in [2.24, 2.45) is 16.7 Å². The zero-order valence-corrected chi connectivity index (χ0v) is 21.2. The molecule has 8 nitrogen and oxygen atoms in total. The maximum Gasteiger partial charge on any atom is 0.326 e. The van der Waals surface area contributed by atoms with E-state index in [4.69, 9.17) is 4.74 Å². The number of urea groups is 2. The second kappa shape index (κ2) is 8.25. The van der Waals surface area contributed by atoms with Gasteiger partial charge in [0.1, 0.15) is 17.6 Å². The Kier molecular flexibility index (Phi) is 5.36. The molecule has 1 aromatic carbocycles. The molecule has 8 heteroatoms. The van der Waals surface area contributed by atoms with Crippen molar-refractivity contribution in [1.29, 1.82) is 0 Å². The number of rotatable bonds is 4. The summed E-state index contributed by atoms with van der Waals surface area (Å²) in [5.41, 5.74) is 1.77. The summed E-state index contributed by atoms with van der Waals surface area (Å²) in [7, 11) is 0. The maximum atomic E-state index is 13.3. The largest absolute Gasteiger partial charge is 0.490 e. The van der Waals surface area contributed by atoms with Crippen LogP contribution in [0.25, 0.3) is 6.08 Å². The summed E-state index contributed by atoms with van der Waals surface area (Å²) in [5.74, 6) is 1.09. The van der Waals surface area contributed by atoms with Gasteiger partial charge in [-0.2, -0.15) is 0 Å². The maximum absolute atomic E-state index is 13.3. The van der Waals surface area contributed by atoms with Crippen molar-refractivity contribution in [3.63, 3.8) is 0 Å². The highest BCUT2D eigenvalue weighted by Gasteiger charge is 2.60. The number of piperidine rings is 1. The molecule has 4 bridgehead atoms. The molecule has 3 N–H and O–H groups in total. The summed E-state index contributed by atoms with van der Waals surface area (Å²) in [6.45, 7) is 6.27. The minimum Gasteiger partial charge on any atom is -0.490 e. The first-order chi connectivity index (χ1) is 17.1. The second-order valence-electron chi connectivity index (χ2n) is 12.7. The van der Waals surface area contributed by atoms with Crippen LogP contribution in [0.1, 0.15) is 70.8 Å². The third-order valence-corrected chi connectivity index (χ3v) is 8.94. The summed E-state index contributed by atoms with van der Waals surface area (Å²) in [5, 5.41) is 8.21. The monoisotopic (exact) mass is 492 g/mol. The number of carbonyl (C=O) groups is 3. The van der Waals surface area contributed by atoms with Crippen LogP contribution < -0.4 is 20.7 Å². The first-order valence-corrected chi connectivity index (χ1v) is 13.3. The lowest BCUT2D eigenvalue weighted by atomic mass is 9.43. The molecule has 7 rings (SSSR count). The van der Waals surface area contributed by atoms with Gasteiger partial charge in [-0.3, -0.25) is 10.1 Å². The normalized spacial score (nSPS) is 36.7. The zero-order valence-electron chi connectivity index (χ0n) is 21.2. The molecule has 4 aliphatic carbocycles. The molecule has 4 atom stereocenters. The Morgan fingerprint density at radius 2 is 1.67 bits per heavy atom. The number of amides is 5. The Balaban J connectivity index is 1.01. The highest BCUT2D eigenvalue weighted by Crippen LogP contribution is 2.66. The average molecular weight is 493 g/mol. The molecule has 36 heavy (non-hydrogen) atoms. The SMILES string of the molecule is C[C@]12CC3CC(NC(=O)N4CCC(Oc5ccc(/C=C6\NC(=O)NC6=O)cc5)CC4)(C1)C[C@@](C)(C3)C2. The van der Waals surface area contributed by atoms with Gasteiger partial charge in [-0.15, -0.1) is 0 Å². The number of imide groups is 1. The minimum absolute atomic E-state index is 0.0214. The first kappa shape index (κ1) is 23.4. The lowest BCUT2D eigenvalue weighted by molar-refractivity contribution is -0.115.